The molecular weight excluding hydrogens is 246 g/mol. The lowest BCUT2D eigenvalue weighted by molar-refractivity contribution is 0.0846. The maximum absolute atomic E-state index is 10.1. The molecule has 0 radical (unpaired) electrons. The van der Waals surface area contributed by atoms with Crippen LogP contribution < -0.4 is 5.32 Å². The number of aromatic amines is 1. The van der Waals surface area contributed by atoms with E-state index in [4.69, 9.17) is 0 Å². The van der Waals surface area contributed by atoms with Crippen molar-refractivity contribution >= 4 is 22.8 Å². The molecule has 1 atom stereocenters. The van der Waals surface area contributed by atoms with Crippen molar-refractivity contribution in [1.29, 1.82) is 0 Å². The molecule has 2 aromatic heterocycles. The largest absolute Gasteiger partial charge is 0.388 e. The van der Waals surface area contributed by atoms with E-state index in [0.29, 0.717) is 6.54 Å². The quantitative estimate of drug-likeness (QED) is 0.745. The highest BCUT2D eigenvalue weighted by atomic mass is 32.2. The third-order valence-corrected chi connectivity index (χ3v) is 3.72. The summed E-state index contributed by atoms with van der Waals surface area (Å²) in [7, 11) is 0. The maximum Gasteiger partial charge on any atom is 0.137 e. The number of aromatic nitrogens is 2. The summed E-state index contributed by atoms with van der Waals surface area (Å²) in [6, 6.07) is 3.99. The Kier molecular flexibility index (Phi) is 4.27. The number of rotatable bonds is 6. The average Bonchev–Trinajstić information content (AvgIpc) is 2.73. The summed E-state index contributed by atoms with van der Waals surface area (Å²) in [5, 5.41) is 14.5. The lowest BCUT2D eigenvalue weighted by Gasteiger charge is -2.22. The summed E-state index contributed by atoms with van der Waals surface area (Å²) in [6.07, 6.45) is 5.74. The SMILES string of the molecule is CSCC(C)(O)CNCc1c[nH]c2ncccc12. The van der Waals surface area contributed by atoms with Crippen molar-refractivity contribution in [3.8, 4) is 0 Å². The van der Waals surface area contributed by atoms with Crippen molar-refractivity contribution in [2.45, 2.75) is 19.1 Å². The van der Waals surface area contributed by atoms with Crippen LogP contribution in [-0.2, 0) is 6.54 Å². The zero-order valence-corrected chi connectivity index (χ0v) is 11.5. The number of thioether (sulfide) groups is 1. The molecule has 0 bridgehead atoms. The van der Waals surface area contributed by atoms with Crippen LogP contribution in [0.3, 0.4) is 0 Å². The van der Waals surface area contributed by atoms with E-state index in [1.807, 2.05) is 25.4 Å². The van der Waals surface area contributed by atoms with Crippen molar-refractivity contribution in [1.82, 2.24) is 15.3 Å². The van der Waals surface area contributed by atoms with Crippen molar-refractivity contribution in [3.63, 3.8) is 0 Å². The standard InChI is InChI=1S/C13H19N3OS/c1-13(17,9-18-2)8-14-6-10-7-16-12-11(10)4-3-5-15-12/h3-5,7,14,17H,6,8-9H2,1-2H3,(H,15,16). The smallest absolute Gasteiger partial charge is 0.137 e. The molecule has 98 valence electrons. The molecular formula is C13H19N3OS. The second kappa shape index (κ2) is 5.73. The van der Waals surface area contributed by atoms with Gasteiger partial charge in [-0.2, -0.15) is 11.8 Å². The van der Waals surface area contributed by atoms with E-state index >= 15 is 0 Å². The van der Waals surface area contributed by atoms with Gasteiger partial charge in [0.15, 0.2) is 0 Å². The van der Waals surface area contributed by atoms with Crippen LogP contribution in [0.1, 0.15) is 12.5 Å². The van der Waals surface area contributed by atoms with Gasteiger partial charge in [0.25, 0.3) is 0 Å². The van der Waals surface area contributed by atoms with E-state index in [9.17, 15) is 5.11 Å². The first-order valence-corrected chi connectivity index (χ1v) is 7.35. The first kappa shape index (κ1) is 13.4. The van der Waals surface area contributed by atoms with Crippen LogP contribution in [-0.4, -0.2) is 39.2 Å². The third kappa shape index (κ3) is 3.25. The van der Waals surface area contributed by atoms with Gasteiger partial charge in [-0.15, -0.1) is 0 Å². The van der Waals surface area contributed by atoms with E-state index in [1.54, 1.807) is 18.0 Å². The molecule has 5 heteroatoms. The summed E-state index contributed by atoms with van der Waals surface area (Å²) in [5.41, 5.74) is 1.42. The van der Waals surface area contributed by atoms with Crippen LogP contribution in [0.15, 0.2) is 24.5 Å². The molecule has 0 aliphatic rings. The zero-order valence-electron chi connectivity index (χ0n) is 10.7. The number of hydrogen-bond donors (Lipinski definition) is 3. The highest BCUT2D eigenvalue weighted by Crippen LogP contribution is 2.15. The molecule has 2 rings (SSSR count). The molecule has 0 amide bonds. The number of aliphatic hydroxyl groups is 1. The van der Waals surface area contributed by atoms with Crippen LogP contribution in [0, 0.1) is 0 Å². The van der Waals surface area contributed by atoms with E-state index in [0.717, 1.165) is 23.3 Å². The predicted molar refractivity (Wildman–Crippen MR) is 76.8 cm³/mol. The minimum atomic E-state index is -0.663. The molecule has 2 aromatic rings. The van der Waals surface area contributed by atoms with Crippen molar-refractivity contribution < 1.29 is 5.11 Å². The van der Waals surface area contributed by atoms with Crippen LogP contribution >= 0.6 is 11.8 Å². The molecule has 18 heavy (non-hydrogen) atoms. The van der Waals surface area contributed by atoms with Gasteiger partial charge in [0.2, 0.25) is 0 Å². The minimum Gasteiger partial charge on any atom is -0.388 e. The fraction of sp³-hybridized carbons (Fsp3) is 0.462. The van der Waals surface area contributed by atoms with E-state index in [2.05, 4.69) is 21.4 Å². The summed E-state index contributed by atoms with van der Waals surface area (Å²) in [6.45, 7) is 3.17. The average molecular weight is 265 g/mol. The monoisotopic (exact) mass is 265 g/mol. The van der Waals surface area contributed by atoms with Crippen molar-refractivity contribution in [2.75, 3.05) is 18.6 Å². The van der Waals surface area contributed by atoms with Gasteiger partial charge in [-0.05, 0) is 30.9 Å². The van der Waals surface area contributed by atoms with Gasteiger partial charge >= 0.3 is 0 Å². The Morgan fingerprint density at radius 2 is 2.39 bits per heavy atom. The van der Waals surface area contributed by atoms with Crippen LogP contribution in [0.5, 0.6) is 0 Å². The number of fused-ring (bicyclic) bond motifs is 1. The van der Waals surface area contributed by atoms with E-state index < -0.39 is 5.60 Å². The predicted octanol–water partition coefficient (Wildman–Crippen LogP) is 1.77. The molecule has 4 nitrogen and oxygen atoms in total. The Balaban J connectivity index is 1.94. The summed E-state index contributed by atoms with van der Waals surface area (Å²) < 4.78 is 0. The maximum atomic E-state index is 10.1. The second-order valence-electron chi connectivity index (χ2n) is 4.75. The Bertz CT molecular complexity index is 510. The Hall–Kier alpha value is -1.04. The Labute approximate surface area is 111 Å². The van der Waals surface area contributed by atoms with E-state index in [-0.39, 0.29) is 0 Å². The van der Waals surface area contributed by atoms with Crippen LogP contribution in [0.4, 0.5) is 0 Å². The fourth-order valence-electron chi connectivity index (χ4n) is 1.99. The van der Waals surface area contributed by atoms with Gasteiger partial charge in [0, 0.05) is 36.6 Å². The van der Waals surface area contributed by atoms with Crippen LogP contribution in [0.25, 0.3) is 11.0 Å². The van der Waals surface area contributed by atoms with Crippen molar-refractivity contribution in [3.05, 3.63) is 30.1 Å². The summed E-state index contributed by atoms with van der Waals surface area (Å²) in [4.78, 5) is 7.40. The molecule has 0 aliphatic carbocycles. The Morgan fingerprint density at radius 3 is 3.17 bits per heavy atom. The summed E-state index contributed by atoms with van der Waals surface area (Å²) >= 11 is 1.65. The molecule has 0 saturated carbocycles. The van der Waals surface area contributed by atoms with Crippen LogP contribution in [0.2, 0.25) is 0 Å². The number of hydrogen-bond acceptors (Lipinski definition) is 4. The fourth-order valence-corrected chi connectivity index (χ4v) is 2.71. The van der Waals surface area contributed by atoms with Crippen molar-refractivity contribution in [2.24, 2.45) is 0 Å². The lowest BCUT2D eigenvalue weighted by atomic mass is 10.1. The molecule has 3 N–H and O–H groups in total. The van der Waals surface area contributed by atoms with Gasteiger partial charge < -0.3 is 15.4 Å². The van der Waals surface area contributed by atoms with Gasteiger partial charge in [0.05, 0.1) is 5.60 Å². The summed E-state index contributed by atoms with van der Waals surface area (Å²) in [5.74, 6) is 0.732. The highest BCUT2D eigenvalue weighted by Gasteiger charge is 2.18. The number of H-pyrrole nitrogens is 1. The van der Waals surface area contributed by atoms with Gasteiger partial charge in [0.1, 0.15) is 5.65 Å². The number of pyridine rings is 1. The third-order valence-electron chi connectivity index (χ3n) is 2.81. The molecule has 1 unspecified atom stereocenters. The normalized spacial score (nSPS) is 14.8. The molecule has 2 heterocycles. The highest BCUT2D eigenvalue weighted by molar-refractivity contribution is 7.98. The molecule has 0 aromatic carbocycles. The molecule has 0 saturated heterocycles. The van der Waals surface area contributed by atoms with Gasteiger partial charge in [-0.3, -0.25) is 0 Å². The molecule has 0 aliphatic heterocycles. The number of nitrogens with one attached hydrogen (secondary N) is 2. The Morgan fingerprint density at radius 1 is 1.56 bits per heavy atom. The first-order valence-electron chi connectivity index (χ1n) is 5.95. The zero-order chi connectivity index (χ0) is 13.0. The van der Waals surface area contributed by atoms with Gasteiger partial charge in [-0.1, -0.05) is 0 Å². The lowest BCUT2D eigenvalue weighted by Crippen LogP contribution is -2.39. The number of nitrogens with zero attached hydrogens (tertiary/aromatic N) is 1. The molecule has 0 spiro atoms. The minimum absolute atomic E-state index is 0.584. The molecule has 0 fully saturated rings. The van der Waals surface area contributed by atoms with E-state index in [1.165, 1.54) is 5.56 Å². The topological polar surface area (TPSA) is 60.9 Å². The first-order chi connectivity index (χ1) is 8.62. The second-order valence-corrected chi connectivity index (χ2v) is 5.61. The van der Waals surface area contributed by atoms with Gasteiger partial charge in [-0.25, -0.2) is 4.98 Å².